The zero-order chi connectivity index (χ0) is 14.3. The van der Waals surface area contributed by atoms with Crippen LogP contribution in [0.15, 0.2) is 18.2 Å². The molecule has 0 amide bonds. The fourth-order valence-corrected chi connectivity index (χ4v) is 1.92. The molecule has 4 nitrogen and oxygen atoms in total. The molecule has 0 saturated carbocycles. The molecule has 0 heterocycles. The van der Waals surface area contributed by atoms with E-state index in [1.165, 1.54) is 0 Å². The van der Waals surface area contributed by atoms with Crippen LogP contribution in [0.1, 0.15) is 25.8 Å². The van der Waals surface area contributed by atoms with Crippen molar-refractivity contribution in [3.8, 4) is 11.5 Å². The van der Waals surface area contributed by atoms with E-state index in [1.807, 2.05) is 18.2 Å². The van der Waals surface area contributed by atoms with Gasteiger partial charge in [-0.2, -0.15) is 0 Å². The number of hydrogen-bond donors (Lipinski definition) is 2. The standard InChI is InChI=1S/C15H25NO3/c1-15(2,7-8-17)11-16-10-12-5-6-13(18-3)9-14(12)19-4/h5-6,9,16-17H,7-8,10-11H2,1-4H3. The maximum absolute atomic E-state index is 9.00. The van der Waals surface area contributed by atoms with Crippen LogP contribution >= 0.6 is 0 Å². The van der Waals surface area contributed by atoms with Crippen molar-refractivity contribution in [1.82, 2.24) is 5.32 Å². The lowest BCUT2D eigenvalue weighted by Crippen LogP contribution is -2.30. The summed E-state index contributed by atoms with van der Waals surface area (Å²) in [6.45, 7) is 6.09. The molecule has 19 heavy (non-hydrogen) atoms. The van der Waals surface area contributed by atoms with E-state index in [9.17, 15) is 0 Å². The van der Waals surface area contributed by atoms with E-state index >= 15 is 0 Å². The number of hydrogen-bond acceptors (Lipinski definition) is 4. The smallest absolute Gasteiger partial charge is 0.127 e. The Kier molecular flexibility index (Phi) is 6.12. The zero-order valence-electron chi connectivity index (χ0n) is 12.3. The first kappa shape index (κ1) is 15.8. The second-order valence-corrected chi connectivity index (χ2v) is 5.42. The Bertz CT molecular complexity index is 391. The van der Waals surface area contributed by atoms with Crippen molar-refractivity contribution in [3.63, 3.8) is 0 Å². The van der Waals surface area contributed by atoms with Crippen LogP contribution in [0.3, 0.4) is 0 Å². The summed E-state index contributed by atoms with van der Waals surface area (Å²) in [6, 6.07) is 5.82. The lowest BCUT2D eigenvalue weighted by molar-refractivity contribution is 0.207. The minimum absolute atomic E-state index is 0.0917. The highest BCUT2D eigenvalue weighted by Crippen LogP contribution is 2.25. The highest BCUT2D eigenvalue weighted by atomic mass is 16.5. The highest BCUT2D eigenvalue weighted by molar-refractivity contribution is 5.40. The lowest BCUT2D eigenvalue weighted by atomic mass is 9.90. The van der Waals surface area contributed by atoms with Crippen molar-refractivity contribution >= 4 is 0 Å². The van der Waals surface area contributed by atoms with Gasteiger partial charge in [-0.3, -0.25) is 0 Å². The molecular weight excluding hydrogens is 242 g/mol. The monoisotopic (exact) mass is 267 g/mol. The molecule has 0 unspecified atom stereocenters. The fraction of sp³-hybridized carbons (Fsp3) is 0.600. The van der Waals surface area contributed by atoms with Gasteiger partial charge in [-0.15, -0.1) is 0 Å². The number of nitrogens with one attached hydrogen (secondary N) is 1. The predicted octanol–water partition coefficient (Wildman–Crippen LogP) is 2.20. The predicted molar refractivity (Wildman–Crippen MR) is 76.7 cm³/mol. The van der Waals surface area contributed by atoms with Crippen LogP contribution in [0.4, 0.5) is 0 Å². The first-order valence-electron chi connectivity index (χ1n) is 6.55. The van der Waals surface area contributed by atoms with Crippen molar-refractivity contribution in [3.05, 3.63) is 23.8 Å². The summed E-state index contributed by atoms with van der Waals surface area (Å²) >= 11 is 0. The van der Waals surface area contributed by atoms with Crippen molar-refractivity contribution in [2.75, 3.05) is 27.4 Å². The third-order valence-electron chi connectivity index (χ3n) is 3.20. The first-order valence-corrected chi connectivity index (χ1v) is 6.55. The maximum Gasteiger partial charge on any atom is 0.127 e. The van der Waals surface area contributed by atoms with Crippen molar-refractivity contribution < 1.29 is 14.6 Å². The molecule has 1 aromatic rings. The minimum Gasteiger partial charge on any atom is -0.497 e. The molecule has 0 saturated heterocycles. The van der Waals surface area contributed by atoms with E-state index in [1.54, 1.807) is 14.2 Å². The molecule has 0 radical (unpaired) electrons. The second-order valence-electron chi connectivity index (χ2n) is 5.42. The average molecular weight is 267 g/mol. The molecule has 0 fully saturated rings. The van der Waals surface area contributed by atoms with E-state index < -0.39 is 0 Å². The van der Waals surface area contributed by atoms with E-state index in [4.69, 9.17) is 14.6 Å². The number of aliphatic hydroxyl groups is 1. The molecule has 0 bridgehead atoms. The molecule has 1 aromatic carbocycles. The number of aliphatic hydroxyl groups excluding tert-OH is 1. The third-order valence-corrected chi connectivity index (χ3v) is 3.20. The van der Waals surface area contributed by atoms with E-state index in [0.29, 0.717) is 0 Å². The first-order chi connectivity index (χ1) is 9.02. The van der Waals surface area contributed by atoms with Crippen LogP contribution in [0.5, 0.6) is 11.5 Å². The molecule has 0 spiro atoms. The quantitative estimate of drug-likeness (QED) is 0.758. The number of ether oxygens (including phenoxy) is 2. The Morgan fingerprint density at radius 1 is 1.21 bits per heavy atom. The molecule has 0 aliphatic rings. The number of rotatable bonds is 8. The molecule has 0 aromatic heterocycles. The summed E-state index contributed by atoms with van der Waals surface area (Å²) < 4.78 is 10.5. The zero-order valence-corrected chi connectivity index (χ0v) is 12.3. The highest BCUT2D eigenvalue weighted by Gasteiger charge is 2.16. The van der Waals surface area contributed by atoms with Gasteiger partial charge in [0.05, 0.1) is 14.2 Å². The van der Waals surface area contributed by atoms with E-state index in [0.717, 1.165) is 36.6 Å². The van der Waals surface area contributed by atoms with Crippen molar-refractivity contribution in [2.24, 2.45) is 5.41 Å². The van der Waals surface area contributed by atoms with E-state index in [2.05, 4.69) is 19.2 Å². The SMILES string of the molecule is COc1ccc(CNCC(C)(C)CCO)c(OC)c1. The van der Waals surface area contributed by atoms with Crippen LogP contribution < -0.4 is 14.8 Å². The van der Waals surface area contributed by atoms with Gasteiger partial charge >= 0.3 is 0 Å². The summed E-state index contributed by atoms with van der Waals surface area (Å²) in [5, 5.41) is 12.4. The molecule has 4 heteroatoms. The molecule has 0 aliphatic carbocycles. The average Bonchev–Trinajstić information content (AvgIpc) is 2.38. The Balaban J connectivity index is 2.58. The summed E-state index contributed by atoms with van der Waals surface area (Å²) in [6.07, 6.45) is 0.791. The van der Waals surface area contributed by atoms with Gasteiger partial charge in [0.25, 0.3) is 0 Å². The summed E-state index contributed by atoms with van der Waals surface area (Å²) in [4.78, 5) is 0. The van der Waals surface area contributed by atoms with Gasteiger partial charge in [0.1, 0.15) is 11.5 Å². The van der Waals surface area contributed by atoms with Gasteiger partial charge in [-0.1, -0.05) is 19.9 Å². The van der Waals surface area contributed by atoms with E-state index in [-0.39, 0.29) is 12.0 Å². The van der Waals surface area contributed by atoms with Gasteiger partial charge < -0.3 is 19.9 Å². The Hall–Kier alpha value is -1.26. The number of methoxy groups -OCH3 is 2. The van der Waals surface area contributed by atoms with Gasteiger partial charge in [0.15, 0.2) is 0 Å². The van der Waals surface area contributed by atoms with Crippen LogP contribution in [0, 0.1) is 5.41 Å². The van der Waals surface area contributed by atoms with Crippen LogP contribution in [-0.4, -0.2) is 32.5 Å². The van der Waals surface area contributed by atoms with Gasteiger partial charge in [0.2, 0.25) is 0 Å². The van der Waals surface area contributed by atoms with Crippen molar-refractivity contribution in [1.29, 1.82) is 0 Å². The molecule has 0 aliphatic heterocycles. The van der Waals surface area contributed by atoms with Crippen molar-refractivity contribution in [2.45, 2.75) is 26.8 Å². The Morgan fingerprint density at radius 3 is 2.53 bits per heavy atom. The Morgan fingerprint density at radius 2 is 1.95 bits per heavy atom. The fourth-order valence-electron chi connectivity index (χ4n) is 1.92. The normalized spacial score (nSPS) is 11.4. The lowest BCUT2D eigenvalue weighted by Gasteiger charge is -2.24. The largest absolute Gasteiger partial charge is 0.497 e. The van der Waals surface area contributed by atoms with Gasteiger partial charge in [0, 0.05) is 31.3 Å². The Labute approximate surface area is 115 Å². The number of benzene rings is 1. The van der Waals surface area contributed by atoms with Crippen LogP contribution in [0.2, 0.25) is 0 Å². The summed E-state index contributed by atoms with van der Waals surface area (Å²) in [7, 11) is 3.30. The third kappa shape index (κ3) is 5.09. The molecule has 108 valence electrons. The van der Waals surface area contributed by atoms with Gasteiger partial charge in [-0.05, 0) is 17.9 Å². The van der Waals surface area contributed by atoms with Gasteiger partial charge in [-0.25, -0.2) is 0 Å². The molecular formula is C15H25NO3. The summed E-state index contributed by atoms with van der Waals surface area (Å²) in [5.74, 6) is 1.62. The summed E-state index contributed by atoms with van der Waals surface area (Å²) in [5.41, 5.74) is 1.19. The topological polar surface area (TPSA) is 50.7 Å². The van der Waals surface area contributed by atoms with Crippen LogP contribution in [-0.2, 0) is 6.54 Å². The van der Waals surface area contributed by atoms with Crippen LogP contribution in [0.25, 0.3) is 0 Å². The molecule has 1 rings (SSSR count). The maximum atomic E-state index is 9.00. The molecule has 2 N–H and O–H groups in total. The second kappa shape index (κ2) is 7.36. The minimum atomic E-state index is 0.0917. The molecule has 0 atom stereocenters.